The molecule has 0 aliphatic rings. The minimum atomic E-state index is -0.140. The van der Waals surface area contributed by atoms with Gasteiger partial charge in [-0.15, -0.1) is 0 Å². The van der Waals surface area contributed by atoms with Crippen LogP contribution in [0.2, 0.25) is 0 Å². The van der Waals surface area contributed by atoms with Crippen LogP contribution >= 0.6 is 12.2 Å². The van der Waals surface area contributed by atoms with E-state index in [9.17, 15) is 0 Å². The van der Waals surface area contributed by atoms with Crippen LogP contribution in [0.1, 0.15) is 31.9 Å². The van der Waals surface area contributed by atoms with Crippen molar-refractivity contribution >= 4 is 17.2 Å². The molecule has 0 saturated heterocycles. The summed E-state index contributed by atoms with van der Waals surface area (Å²) in [4.78, 5) is 0.380. The Kier molecular flexibility index (Phi) is 5.11. The Hall–Kier alpha value is -1.13. The Labute approximate surface area is 114 Å². The molecule has 0 heterocycles. The van der Waals surface area contributed by atoms with E-state index in [1.54, 1.807) is 0 Å². The van der Waals surface area contributed by atoms with Gasteiger partial charge in [0.05, 0.1) is 12.2 Å². The number of ether oxygens (including phenoxy) is 2. The van der Waals surface area contributed by atoms with Gasteiger partial charge in [0.15, 0.2) is 0 Å². The smallest absolute Gasteiger partial charge is 0.123 e. The van der Waals surface area contributed by atoms with Gasteiger partial charge in [0, 0.05) is 5.56 Å². The first-order chi connectivity index (χ1) is 8.29. The van der Waals surface area contributed by atoms with E-state index in [0.29, 0.717) is 18.2 Å². The van der Waals surface area contributed by atoms with Gasteiger partial charge in [0.25, 0.3) is 0 Å². The first kappa shape index (κ1) is 14.9. The van der Waals surface area contributed by atoms with Gasteiger partial charge >= 0.3 is 0 Å². The second-order valence-electron chi connectivity index (χ2n) is 5.15. The summed E-state index contributed by atoms with van der Waals surface area (Å²) in [5, 5.41) is 0. The summed E-state index contributed by atoms with van der Waals surface area (Å²) in [7, 11) is 0. The van der Waals surface area contributed by atoms with E-state index in [1.165, 1.54) is 0 Å². The Morgan fingerprint density at radius 3 is 2.50 bits per heavy atom. The summed E-state index contributed by atoms with van der Waals surface area (Å²) in [6, 6.07) is 5.72. The van der Waals surface area contributed by atoms with Gasteiger partial charge in [-0.2, -0.15) is 0 Å². The maximum Gasteiger partial charge on any atom is 0.123 e. The van der Waals surface area contributed by atoms with Crippen molar-refractivity contribution in [3.63, 3.8) is 0 Å². The molecule has 0 radical (unpaired) electrons. The van der Waals surface area contributed by atoms with Crippen molar-refractivity contribution in [2.75, 3.05) is 13.2 Å². The standard InChI is InChI=1S/C14H21NO2S/c1-10-5-6-11(13(15)18)9-12(10)16-7-8-17-14(2,3)4/h5-6,9H,7-8H2,1-4H3,(H2,15,18). The van der Waals surface area contributed by atoms with Crippen LogP contribution in [0.15, 0.2) is 18.2 Å². The third-order valence-corrected chi connectivity index (χ3v) is 2.58. The zero-order chi connectivity index (χ0) is 13.8. The molecule has 0 aromatic heterocycles. The number of nitrogens with two attached hydrogens (primary N) is 1. The molecule has 100 valence electrons. The molecule has 0 aliphatic carbocycles. The first-order valence-electron chi connectivity index (χ1n) is 5.97. The maximum atomic E-state index is 5.68. The molecule has 3 nitrogen and oxygen atoms in total. The quantitative estimate of drug-likeness (QED) is 0.658. The summed E-state index contributed by atoms with van der Waals surface area (Å²) in [6.45, 7) is 9.12. The topological polar surface area (TPSA) is 44.5 Å². The lowest BCUT2D eigenvalue weighted by Crippen LogP contribution is -2.22. The number of hydrogen-bond acceptors (Lipinski definition) is 3. The van der Waals surface area contributed by atoms with Gasteiger partial charge in [0.2, 0.25) is 0 Å². The molecular weight excluding hydrogens is 246 g/mol. The molecule has 1 rings (SSSR count). The predicted molar refractivity (Wildman–Crippen MR) is 78.3 cm³/mol. The molecule has 0 unspecified atom stereocenters. The third kappa shape index (κ3) is 5.02. The second kappa shape index (κ2) is 6.16. The maximum absolute atomic E-state index is 5.68. The van der Waals surface area contributed by atoms with Gasteiger partial charge in [0.1, 0.15) is 17.3 Å². The van der Waals surface area contributed by atoms with Crippen molar-refractivity contribution in [1.29, 1.82) is 0 Å². The molecule has 0 atom stereocenters. The fourth-order valence-corrected chi connectivity index (χ4v) is 1.54. The Morgan fingerprint density at radius 2 is 1.94 bits per heavy atom. The van der Waals surface area contributed by atoms with Gasteiger partial charge in [-0.1, -0.05) is 24.4 Å². The van der Waals surface area contributed by atoms with Crippen LogP contribution in [0.4, 0.5) is 0 Å². The summed E-state index contributed by atoms with van der Waals surface area (Å²) in [6.07, 6.45) is 0. The van der Waals surface area contributed by atoms with Crippen LogP contribution in [0, 0.1) is 6.92 Å². The lowest BCUT2D eigenvalue weighted by atomic mass is 10.1. The highest BCUT2D eigenvalue weighted by Gasteiger charge is 2.10. The lowest BCUT2D eigenvalue weighted by Gasteiger charge is -2.19. The predicted octanol–water partition coefficient (Wildman–Crippen LogP) is 2.82. The van der Waals surface area contributed by atoms with Crippen LogP contribution in [0.25, 0.3) is 0 Å². The second-order valence-corrected chi connectivity index (χ2v) is 5.59. The number of aryl methyl sites for hydroxylation is 1. The average molecular weight is 267 g/mol. The summed E-state index contributed by atoms with van der Waals surface area (Å²) in [5.41, 5.74) is 7.34. The molecule has 0 aliphatic heterocycles. The molecule has 1 aromatic rings. The molecule has 18 heavy (non-hydrogen) atoms. The highest BCUT2D eigenvalue weighted by molar-refractivity contribution is 7.80. The molecule has 0 saturated carbocycles. The molecule has 2 N–H and O–H groups in total. The molecule has 1 aromatic carbocycles. The van der Waals surface area contributed by atoms with Crippen molar-refractivity contribution in [2.45, 2.75) is 33.3 Å². The molecule has 0 fully saturated rings. The minimum Gasteiger partial charge on any atom is -0.491 e. The largest absolute Gasteiger partial charge is 0.491 e. The van der Waals surface area contributed by atoms with E-state index in [0.717, 1.165) is 16.9 Å². The molecule has 0 bridgehead atoms. The van der Waals surface area contributed by atoms with Gasteiger partial charge in [-0.3, -0.25) is 0 Å². The van der Waals surface area contributed by atoms with E-state index in [-0.39, 0.29) is 5.60 Å². The zero-order valence-corrected chi connectivity index (χ0v) is 12.3. The molecule has 0 spiro atoms. The van der Waals surface area contributed by atoms with Gasteiger partial charge < -0.3 is 15.2 Å². The van der Waals surface area contributed by atoms with Crippen molar-refractivity contribution in [1.82, 2.24) is 0 Å². The van der Waals surface area contributed by atoms with E-state index >= 15 is 0 Å². The van der Waals surface area contributed by atoms with Gasteiger partial charge in [-0.25, -0.2) is 0 Å². The summed E-state index contributed by atoms with van der Waals surface area (Å²) < 4.78 is 11.3. The van der Waals surface area contributed by atoms with Crippen molar-refractivity contribution in [3.05, 3.63) is 29.3 Å². The highest BCUT2D eigenvalue weighted by atomic mass is 32.1. The van der Waals surface area contributed by atoms with Crippen molar-refractivity contribution in [2.24, 2.45) is 5.73 Å². The van der Waals surface area contributed by atoms with Crippen molar-refractivity contribution in [3.8, 4) is 5.75 Å². The number of thiocarbonyl (C=S) groups is 1. The Balaban J connectivity index is 2.56. The van der Waals surface area contributed by atoms with E-state index in [1.807, 2.05) is 45.9 Å². The van der Waals surface area contributed by atoms with Crippen LogP contribution in [-0.2, 0) is 4.74 Å². The summed E-state index contributed by atoms with van der Waals surface area (Å²) in [5.74, 6) is 0.804. The van der Waals surface area contributed by atoms with E-state index in [4.69, 9.17) is 27.4 Å². The highest BCUT2D eigenvalue weighted by Crippen LogP contribution is 2.19. The third-order valence-electron chi connectivity index (χ3n) is 2.35. The zero-order valence-electron chi connectivity index (χ0n) is 11.4. The summed E-state index contributed by atoms with van der Waals surface area (Å²) >= 11 is 4.95. The Morgan fingerprint density at radius 1 is 1.28 bits per heavy atom. The Bertz CT molecular complexity index is 424. The number of rotatable bonds is 5. The van der Waals surface area contributed by atoms with Crippen LogP contribution < -0.4 is 10.5 Å². The van der Waals surface area contributed by atoms with Crippen LogP contribution in [-0.4, -0.2) is 23.8 Å². The lowest BCUT2D eigenvalue weighted by molar-refractivity contribution is -0.0163. The van der Waals surface area contributed by atoms with Crippen molar-refractivity contribution < 1.29 is 9.47 Å². The normalized spacial score (nSPS) is 11.3. The average Bonchev–Trinajstić information content (AvgIpc) is 2.24. The first-order valence-corrected chi connectivity index (χ1v) is 6.37. The monoisotopic (exact) mass is 267 g/mol. The number of benzene rings is 1. The molecule has 4 heteroatoms. The van der Waals surface area contributed by atoms with Crippen LogP contribution in [0.5, 0.6) is 5.75 Å². The SMILES string of the molecule is Cc1ccc(C(N)=S)cc1OCCOC(C)(C)C. The van der Waals surface area contributed by atoms with Crippen LogP contribution in [0.3, 0.4) is 0 Å². The molecular formula is C14H21NO2S. The number of hydrogen-bond donors (Lipinski definition) is 1. The van der Waals surface area contributed by atoms with E-state index < -0.39 is 0 Å². The minimum absolute atomic E-state index is 0.140. The molecule has 0 amide bonds. The van der Waals surface area contributed by atoms with E-state index in [2.05, 4.69) is 0 Å². The van der Waals surface area contributed by atoms with Gasteiger partial charge in [-0.05, 0) is 39.3 Å². The fourth-order valence-electron chi connectivity index (χ4n) is 1.41. The fraction of sp³-hybridized carbons (Fsp3) is 0.500.